The summed E-state index contributed by atoms with van der Waals surface area (Å²) in [6, 6.07) is 1.28. The molecule has 4 heterocycles. The number of thiazole rings is 1. The van der Waals surface area contributed by atoms with E-state index in [1.807, 2.05) is 14.1 Å². The Morgan fingerprint density at radius 2 is 1.92 bits per heavy atom. The van der Waals surface area contributed by atoms with Crippen LogP contribution in [-0.2, 0) is 24.0 Å². The molecule has 0 spiro atoms. The number of carbonyl (C=O) groups is 5. The van der Waals surface area contributed by atoms with Gasteiger partial charge in [0.25, 0.3) is 17.7 Å². The van der Waals surface area contributed by atoms with Crippen molar-refractivity contribution in [2.24, 2.45) is 5.16 Å². The van der Waals surface area contributed by atoms with E-state index in [1.54, 1.807) is 4.90 Å². The van der Waals surface area contributed by atoms with Crippen molar-refractivity contribution in [3.05, 3.63) is 45.1 Å². The molecule has 0 radical (unpaired) electrons. The predicted octanol–water partition coefficient (Wildman–Crippen LogP) is 1.10. The number of phenolic OH excluding ortho intramolecular Hbond substituents is 2. The number of β-lactam (4-membered cyclic amide) rings is 1. The largest absolute Gasteiger partial charge is 0.504 e. The van der Waals surface area contributed by atoms with Gasteiger partial charge in [0.15, 0.2) is 22.3 Å². The number of nitrogen functional groups attached to an aromatic ring is 1. The first kappa shape index (κ1) is 36.7. The number of likely N-dealkylation sites (tertiary alicyclic amines) is 1. The number of aliphatic carboxylic acids is 2. The average Bonchev–Trinajstić information content (AvgIpc) is 3.72. The lowest BCUT2D eigenvalue weighted by atomic mass is 10.0. The van der Waals surface area contributed by atoms with Gasteiger partial charge in [-0.05, 0) is 26.0 Å². The van der Waals surface area contributed by atoms with Gasteiger partial charge in [-0.25, -0.2) is 14.6 Å². The number of carbonyl (C=O) groups excluding carboxylic acids is 3. The van der Waals surface area contributed by atoms with E-state index < -0.39 is 63.9 Å². The molecule has 1 aromatic heterocycles. The Bertz CT molecular complexity index is 1850. The van der Waals surface area contributed by atoms with Crippen LogP contribution < -0.4 is 11.1 Å². The summed E-state index contributed by atoms with van der Waals surface area (Å²) in [6.07, 6.45) is 0.588. The normalized spacial score (nSPS) is 21.1. The maximum Gasteiger partial charge on any atom is 0.352 e. The molecule has 2 saturated heterocycles. The fraction of sp³-hybridized carbons (Fsp3) is 0.433. The van der Waals surface area contributed by atoms with E-state index in [0.29, 0.717) is 29.6 Å². The highest BCUT2D eigenvalue weighted by Crippen LogP contribution is 2.42. The zero-order valence-corrected chi connectivity index (χ0v) is 29.6. The standard InChI is InChI=1S/C30H34ClN7O10S2/c1-30(2,28(46)47)48-35-19(16-12-50-29(32)33-16)23(41)34-20-25(43)37-21(27(44)45)13(11-49-26(20)37)10-38(3,4)14-7-8-36(9-14)24(42)15-5-6-17(39)22(40)18(15)31/h5-6,12,14,20,26H,7-11H2,1-4H3,(H6-,32,33,34,35,39,40,41,42,44,45,46,47)/p+1/t14-,20+,26+/m0/s1. The molecule has 0 saturated carbocycles. The third-order valence-corrected chi connectivity index (χ3v) is 11.2. The van der Waals surface area contributed by atoms with Crippen LogP contribution in [0, 0.1) is 0 Å². The summed E-state index contributed by atoms with van der Waals surface area (Å²) in [5.41, 5.74) is 3.87. The van der Waals surface area contributed by atoms with Crippen LogP contribution in [0.1, 0.15) is 36.3 Å². The van der Waals surface area contributed by atoms with Gasteiger partial charge in [-0.1, -0.05) is 16.8 Å². The summed E-state index contributed by atoms with van der Waals surface area (Å²) in [7, 11) is 3.81. The Balaban J connectivity index is 1.30. The van der Waals surface area contributed by atoms with Gasteiger partial charge in [0, 0.05) is 29.7 Å². The van der Waals surface area contributed by atoms with E-state index in [1.165, 1.54) is 43.1 Å². The number of halogens is 1. The second-order valence-corrected chi connectivity index (χ2v) is 15.3. The van der Waals surface area contributed by atoms with Crippen molar-refractivity contribution in [1.29, 1.82) is 0 Å². The monoisotopic (exact) mass is 752 g/mol. The molecule has 0 aliphatic carbocycles. The van der Waals surface area contributed by atoms with E-state index in [4.69, 9.17) is 22.2 Å². The second kappa shape index (κ2) is 13.6. The number of anilines is 1. The van der Waals surface area contributed by atoms with Gasteiger partial charge in [0.1, 0.15) is 35.4 Å². The Morgan fingerprint density at radius 1 is 1.22 bits per heavy atom. The molecule has 50 heavy (non-hydrogen) atoms. The number of phenols is 2. The molecule has 3 aliphatic heterocycles. The Labute approximate surface area is 298 Å². The van der Waals surface area contributed by atoms with Gasteiger partial charge in [-0.15, -0.1) is 23.1 Å². The highest BCUT2D eigenvalue weighted by molar-refractivity contribution is 8.00. The number of quaternary nitrogens is 1. The second-order valence-electron chi connectivity index (χ2n) is 13.0. The lowest BCUT2D eigenvalue weighted by Crippen LogP contribution is -2.71. The third-order valence-electron chi connectivity index (χ3n) is 8.76. The molecule has 2 fully saturated rings. The minimum atomic E-state index is -1.80. The van der Waals surface area contributed by atoms with Crippen LogP contribution >= 0.6 is 34.7 Å². The topological polar surface area (TPSA) is 245 Å². The van der Waals surface area contributed by atoms with Gasteiger partial charge in [-0.2, -0.15) is 0 Å². The number of thioether (sulfide) groups is 1. The first-order valence-corrected chi connectivity index (χ1v) is 17.4. The molecule has 17 nitrogen and oxygen atoms in total. The van der Waals surface area contributed by atoms with Crippen molar-refractivity contribution in [3.63, 3.8) is 0 Å². The molecular weight excluding hydrogens is 718 g/mol. The number of likely N-dealkylation sites (N-methyl/N-ethyl adjacent to an activating group) is 1. The highest BCUT2D eigenvalue weighted by Gasteiger charge is 2.55. The average molecular weight is 753 g/mol. The summed E-state index contributed by atoms with van der Waals surface area (Å²) in [5.74, 6) is -5.42. The Morgan fingerprint density at radius 3 is 2.54 bits per heavy atom. The highest BCUT2D eigenvalue weighted by atomic mass is 35.5. The molecule has 7 N–H and O–H groups in total. The van der Waals surface area contributed by atoms with Gasteiger partial charge < -0.3 is 45.7 Å². The number of hydrogen-bond donors (Lipinski definition) is 6. The van der Waals surface area contributed by atoms with E-state index in [2.05, 4.69) is 15.5 Å². The number of carboxylic acids is 2. The number of rotatable bonds is 11. The molecule has 20 heteroatoms. The summed E-state index contributed by atoms with van der Waals surface area (Å²) in [4.78, 5) is 76.0. The summed E-state index contributed by atoms with van der Waals surface area (Å²) >= 11 is 8.40. The molecular formula is C30H35ClN7O10S2+. The first-order valence-electron chi connectivity index (χ1n) is 15.1. The lowest BCUT2D eigenvalue weighted by molar-refractivity contribution is -0.908. The zero-order chi connectivity index (χ0) is 36.9. The maximum atomic E-state index is 13.4. The van der Waals surface area contributed by atoms with Crippen molar-refractivity contribution >= 4 is 75.2 Å². The van der Waals surface area contributed by atoms with Gasteiger partial charge in [0.05, 0.1) is 31.2 Å². The van der Waals surface area contributed by atoms with Crippen LogP contribution in [0.15, 0.2) is 33.9 Å². The van der Waals surface area contributed by atoms with E-state index in [0.717, 1.165) is 16.2 Å². The van der Waals surface area contributed by atoms with Crippen LogP contribution in [0.2, 0.25) is 5.02 Å². The van der Waals surface area contributed by atoms with Crippen molar-refractivity contribution in [2.75, 3.05) is 45.2 Å². The number of amides is 3. The van der Waals surface area contributed by atoms with Crippen LogP contribution in [-0.4, -0.2) is 138 Å². The third kappa shape index (κ3) is 6.90. The van der Waals surface area contributed by atoms with Crippen LogP contribution in [0.3, 0.4) is 0 Å². The van der Waals surface area contributed by atoms with E-state index >= 15 is 0 Å². The minimum absolute atomic E-state index is 0.00369. The molecule has 268 valence electrons. The maximum absolute atomic E-state index is 13.4. The Kier molecular flexibility index (Phi) is 9.99. The molecule has 3 atom stereocenters. The molecule has 5 rings (SSSR count). The van der Waals surface area contributed by atoms with Gasteiger partial charge in [-0.3, -0.25) is 19.3 Å². The molecule has 3 amide bonds. The zero-order valence-electron chi connectivity index (χ0n) is 27.2. The molecule has 0 unspecified atom stereocenters. The number of aromatic hydroxyl groups is 2. The summed E-state index contributed by atoms with van der Waals surface area (Å²) in [5, 5.41) is 46.1. The molecule has 2 aromatic rings. The van der Waals surface area contributed by atoms with Crippen LogP contribution in [0.25, 0.3) is 0 Å². The quantitative estimate of drug-likeness (QED) is 0.0620. The van der Waals surface area contributed by atoms with Crippen LogP contribution in [0.4, 0.5) is 5.13 Å². The number of oxime groups is 1. The number of fused-ring (bicyclic) bond motifs is 1. The van der Waals surface area contributed by atoms with Crippen LogP contribution in [0.5, 0.6) is 11.5 Å². The van der Waals surface area contributed by atoms with Crippen molar-refractivity contribution < 1.29 is 53.7 Å². The molecule has 3 aliphatic rings. The van der Waals surface area contributed by atoms with Crippen molar-refractivity contribution in [2.45, 2.75) is 43.3 Å². The summed E-state index contributed by atoms with van der Waals surface area (Å²) in [6.45, 7) is 3.40. The lowest BCUT2D eigenvalue weighted by Gasteiger charge is -2.50. The number of nitrogens with zero attached hydrogens (tertiary/aromatic N) is 5. The SMILES string of the molecule is CC(C)(O/N=C(\C(=O)N[C@@H]1C(=O)N2C(C(=O)O)=C(C[N+](C)(C)[C@H]3CCN(C(=O)c4ccc(O)c(O)c4Cl)C3)CS[C@H]12)c1csc(N)n1)C(=O)O. The first-order chi connectivity index (χ1) is 23.3. The van der Waals surface area contributed by atoms with Crippen molar-refractivity contribution in [3.8, 4) is 11.5 Å². The van der Waals surface area contributed by atoms with Gasteiger partial charge >= 0.3 is 11.9 Å². The van der Waals surface area contributed by atoms with E-state index in [9.17, 15) is 44.4 Å². The molecule has 0 bridgehead atoms. The Hall–Kier alpha value is -4.59. The fourth-order valence-corrected chi connectivity index (χ4v) is 7.95. The number of nitrogens with two attached hydrogens (primary N) is 1. The minimum Gasteiger partial charge on any atom is -0.504 e. The molecule has 1 aromatic carbocycles. The number of benzene rings is 1. The number of hydrogen-bond acceptors (Lipinski definition) is 13. The number of carboxylic acid groups (broad SMARTS) is 2. The predicted molar refractivity (Wildman–Crippen MR) is 182 cm³/mol. The smallest absolute Gasteiger partial charge is 0.352 e. The van der Waals surface area contributed by atoms with Gasteiger partial charge in [0.2, 0.25) is 5.60 Å². The fourth-order valence-electron chi connectivity index (χ4n) is 5.82. The number of aromatic nitrogens is 1. The number of nitrogens with one attached hydrogen (secondary N) is 1. The van der Waals surface area contributed by atoms with Crippen molar-refractivity contribution in [1.82, 2.24) is 20.1 Å². The summed E-state index contributed by atoms with van der Waals surface area (Å²) < 4.78 is 0.293. The van der Waals surface area contributed by atoms with E-state index in [-0.39, 0.29) is 45.4 Å².